The first-order valence-electron chi connectivity index (χ1n) is 12.2. The predicted octanol–water partition coefficient (Wildman–Crippen LogP) is 6.07. The van der Waals surface area contributed by atoms with Crippen molar-refractivity contribution in [2.24, 2.45) is 0 Å². The van der Waals surface area contributed by atoms with Crippen LogP contribution in [-0.2, 0) is 22.4 Å². The van der Waals surface area contributed by atoms with Gasteiger partial charge in [-0.1, -0.05) is 73.5 Å². The highest BCUT2D eigenvalue weighted by Gasteiger charge is 2.43. The predicted molar refractivity (Wildman–Crippen MR) is 138 cm³/mol. The van der Waals surface area contributed by atoms with E-state index in [0.717, 1.165) is 48.9 Å². The van der Waals surface area contributed by atoms with E-state index in [9.17, 15) is 9.59 Å². The average Bonchev–Trinajstić information content (AvgIpc) is 3.13. The van der Waals surface area contributed by atoms with Gasteiger partial charge in [0.15, 0.2) is 0 Å². The summed E-state index contributed by atoms with van der Waals surface area (Å²) in [6.45, 7) is 4.91. The lowest BCUT2D eigenvalue weighted by Gasteiger charge is -2.32. The Labute approximate surface area is 201 Å². The molecule has 0 radical (unpaired) electrons. The number of carbonyl (C=O) groups is 2. The number of para-hydroxylation sites is 1. The van der Waals surface area contributed by atoms with Gasteiger partial charge in [-0.3, -0.25) is 9.59 Å². The molecule has 0 aromatic heterocycles. The third kappa shape index (κ3) is 3.94. The Morgan fingerprint density at radius 3 is 2.32 bits per heavy atom. The molecule has 5 rings (SSSR count). The van der Waals surface area contributed by atoms with Gasteiger partial charge in [-0.2, -0.15) is 0 Å². The van der Waals surface area contributed by atoms with Crippen LogP contribution in [0.25, 0.3) is 5.57 Å². The number of imide groups is 1. The van der Waals surface area contributed by atoms with Crippen molar-refractivity contribution < 1.29 is 9.59 Å². The fourth-order valence-electron chi connectivity index (χ4n) is 4.94. The van der Waals surface area contributed by atoms with Crippen molar-refractivity contribution in [2.45, 2.75) is 46.0 Å². The molecule has 0 spiro atoms. The van der Waals surface area contributed by atoms with Crippen LogP contribution in [0.3, 0.4) is 0 Å². The zero-order valence-electron chi connectivity index (χ0n) is 19.9. The van der Waals surface area contributed by atoms with Gasteiger partial charge in [0.05, 0.1) is 11.3 Å². The lowest BCUT2D eigenvalue weighted by Crippen LogP contribution is -2.37. The molecule has 3 aromatic carbocycles. The number of unbranched alkanes of at least 4 members (excludes halogenated alkanes) is 1. The topological polar surface area (TPSA) is 40.6 Å². The molecule has 0 saturated heterocycles. The smallest absolute Gasteiger partial charge is 0.282 e. The number of nitrogens with zero attached hydrogens (tertiary/aromatic N) is 2. The molecule has 0 atom stereocenters. The van der Waals surface area contributed by atoms with Gasteiger partial charge in [0, 0.05) is 12.2 Å². The van der Waals surface area contributed by atoms with E-state index in [2.05, 4.69) is 24.0 Å². The Hall–Kier alpha value is -3.66. The normalized spacial score (nSPS) is 15.8. The molecule has 172 valence electrons. The van der Waals surface area contributed by atoms with E-state index < -0.39 is 0 Å². The van der Waals surface area contributed by atoms with Gasteiger partial charge in [0.1, 0.15) is 5.70 Å². The van der Waals surface area contributed by atoms with Crippen molar-refractivity contribution in [1.29, 1.82) is 0 Å². The van der Waals surface area contributed by atoms with E-state index in [1.54, 1.807) is 0 Å². The zero-order valence-corrected chi connectivity index (χ0v) is 19.9. The molecule has 34 heavy (non-hydrogen) atoms. The quantitative estimate of drug-likeness (QED) is 0.428. The first-order valence-corrected chi connectivity index (χ1v) is 12.2. The molecule has 2 heterocycles. The third-order valence-electron chi connectivity index (χ3n) is 6.79. The van der Waals surface area contributed by atoms with Crippen molar-refractivity contribution >= 4 is 28.8 Å². The number of carbonyl (C=O) groups excluding carboxylic acids is 2. The molecule has 0 fully saturated rings. The van der Waals surface area contributed by atoms with E-state index >= 15 is 0 Å². The molecule has 3 aromatic rings. The molecule has 4 nitrogen and oxygen atoms in total. The monoisotopic (exact) mass is 450 g/mol. The Bertz CT molecular complexity index is 1260. The molecule has 0 bridgehead atoms. The highest BCUT2D eigenvalue weighted by molar-refractivity contribution is 6.46. The molecule has 4 heteroatoms. The number of hydrogen-bond donors (Lipinski definition) is 0. The highest BCUT2D eigenvalue weighted by atomic mass is 16.2. The number of amides is 2. The number of fused-ring (bicyclic) bond motifs is 1. The van der Waals surface area contributed by atoms with Crippen molar-refractivity contribution in [3.63, 3.8) is 0 Å². The van der Waals surface area contributed by atoms with Crippen molar-refractivity contribution in [1.82, 2.24) is 0 Å². The molecule has 0 saturated carbocycles. The number of hydrogen-bond acceptors (Lipinski definition) is 3. The fourth-order valence-corrected chi connectivity index (χ4v) is 4.94. The van der Waals surface area contributed by atoms with Crippen LogP contribution in [-0.4, -0.2) is 18.4 Å². The molecule has 2 aliphatic heterocycles. The number of anilines is 2. The average molecular weight is 451 g/mol. The van der Waals surface area contributed by atoms with E-state index in [1.165, 1.54) is 16.0 Å². The van der Waals surface area contributed by atoms with Crippen molar-refractivity contribution in [3.05, 3.63) is 101 Å². The maximum absolute atomic E-state index is 13.9. The fraction of sp³-hybridized carbons (Fsp3) is 0.267. The Balaban J connectivity index is 1.60. The Morgan fingerprint density at radius 2 is 1.59 bits per heavy atom. The first-order chi connectivity index (χ1) is 16.6. The second-order valence-corrected chi connectivity index (χ2v) is 9.19. The minimum atomic E-state index is -0.256. The Kier molecular flexibility index (Phi) is 6.06. The number of rotatable bonds is 6. The summed E-state index contributed by atoms with van der Waals surface area (Å²) in [5.41, 5.74) is 6.94. The highest BCUT2D eigenvalue weighted by Crippen LogP contribution is 2.39. The van der Waals surface area contributed by atoms with Crippen LogP contribution >= 0.6 is 0 Å². The van der Waals surface area contributed by atoms with Crippen LogP contribution in [0, 0.1) is 6.92 Å². The minimum Gasteiger partial charge on any atom is -0.336 e. The first kappa shape index (κ1) is 22.1. The standard InChI is InChI=1S/C30H30N2O2/c1-3-4-8-22-14-18-25(19-15-22)32-29(33)27(24-16-12-21(2)13-17-24)28(30(32)34)31-20-7-10-23-9-5-6-11-26(23)31/h5-6,9,11-19H,3-4,7-8,10,20H2,1-2H3. The summed E-state index contributed by atoms with van der Waals surface area (Å²) in [5, 5.41) is 0. The maximum atomic E-state index is 13.9. The van der Waals surface area contributed by atoms with Crippen LogP contribution in [0.1, 0.15) is 48.4 Å². The molecular weight excluding hydrogens is 420 g/mol. The summed E-state index contributed by atoms with van der Waals surface area (Å²) in [6, 6.07) is 24.0. The van der Waals surface area contributed by atoms with Crippen LogP contribution < -0.4 is 9.80 Å². The van der Waals surface area contributed by atoms with Gasteiger partial charge in [0.2, 0.25) is 0 Å². The van der Waals surface area contributed by atoms with Crippen molar-refractivity contribution in [2.75, 3.05) is 16.3 Å². The van der Waals surface area contributed by atoms with Crippen LogP contribution in [0.15, 0.2) is 78.5 Å². The zero-order chi connectivity index (χ0) is 23.7. The SMILES string of the molecule is CCCCc1ccc(N2C(=O)C(c3ccc(C)cc3)=C(N3CCCc4ccccc43)C2=O)cc1. The van der Waals surface area contributed by atoms with Gasteiger partial charge < -0.3 is 4.90 Å². The molecular formula is C30H30N2O2. The third-order valence-corrected chi connectivity index (χ3v) is 6.79. The lowest BCUT2D eigenvalue weighted by atomic mass is 9.98. The van der Waals surface area contributed by atoms with Gasteiger partial charge in [-0.05, 0) is 67.5 Å². The van der Waals surface area contributed by atoms with E-state index in [-0.39, 0.29) is 11.8 Å². The summed E-state index contributed by atoms with van der Waals surface area (Å²) in [6.07, 6.45) is 5.18. The molecule has 0 unspecified atom stereocenters. The lowest BCUT2D eigenvalue weighted by molar-refractivity contribution is -0.120. The summed E-state index contributed by atoms with van der Waals surface area (Å²) < 4.78 is 0. The summed E-state index contributed by atoms with van der Waals surface area (Å²) in [5.74, 6) is -0.508. The largest absolute Gasteiger partial charge is 0.336 e. The van der Waals surface area contributed by atoms with E-state index in [4.69, 9.17) is 0 Å². The summed E-state index contributed by atoms with van der Waals surface area (Å²) >= 11 is 0. The van der Waals surface area contributed by atoms with Crippen LogP contribution in [0.2, 0.25) is 0 Å². The van der Waals surface area contributed by atoms with Crippen LogP contribution in [0.4, 0.5) is 11.4 Å². The second-order valence-electron chi connectivity index (χ2n) is 9.19. The summed E-state index contributed by atoms with van der Waals surface area (Å²) in [7, 11) is 0. The molecule has 0 N–H and O–H groups in total. The summed E-state index contributed by atoms with van der Waals surface area (Å²) in [4.78, 5) is 31.2. The molecule has 2 aliphatic rings. The van der Waals surface area contributed by atoms with Gasteiger partial charge in [-0.25, -0.2) is 4.90 Å². The van der Waals surface area contributed by atoms with Gasteiger partial charge in [-0.15, -0.1) is 0 Å². The van der Waals surface area contributed by atoms with Gasteiger partial charge >= 0.3 is 0 Å². The van der Waals surface area contributed by atoms with E-state index in [1.807, 2.05) is 67.6 Å². The molecule has 0 aliphatic carbocycles. The van der Waals surface area contributed by atoms with Crippen LogP contribution in [0.5, 0.6) is 0 Å². The number of benzene rings is 3. The minimum absolute atomic E-state index is 0.251. The van der Waals surface area contributed by atoms with E-state index in [0.29, 0.717) is 23.5 Å². The van der Waals surface area contributed by atoms with Gasteiger partial charge in [0.25, 0.3) is 11.8 Å². The Morgan fingerprint density at radius 1 is 0.853 bits per heavy atom. The number of aryl methyl sites for hydroxylation is 3. The van der Waals surface area contributed by atoms with Crippen molar-refractivity contribution in [3.8, 4) is 0 Å². The second kappa shape index (κ2) is 9.30. The maximum Gasteiger partial charge on any atom is 0.282 e. The molecule has 2 amide bonds.